The molecule has 3 N–H and O–H groups in total. The van der Waals surface area contributed by atoms with Crippen molar-refractivity contribution in [3.8, 4) is 23.0 Å². The van der Waals surface area contributed by atoms with E-state index >= 15 is 8.78 Å². The van der Waals surface area contributed by atoms with E-state index in [0.29, 0.717) is 10.7 Å². The number of anilines is 1. The van der Waals surface area contributed by atoms with Gasteiger partial charge in [-0.2, -0.15) is 19.0 Å². The Balaban J connectivity index is 1.40. The van der Waals surface area contributed by atoms with Gasteiger partial charge >= 0.3 is 0 Å². The number of alkyl halides is 6. The molecule has 21 heteroatoms. The summed E-state index contributed by atoms with van der Waals surface area (Å²) in [5.41, 5.74) is -4.92. The Labute approximate surface area is 335 Å². The monoisotopic (exact) mass is 867 g/mol. The molecule has 0 saturated heterocycles. The van der Waals surface area contributed by atoms with Crippen LogP contribution in [0.4, 0.5) is 40.9 Å². The number of fused-ring (bicyclic) bond motifs is 4. The first-order chi connectivity index (χ1) is 27.6. The fourth-order valence-electron chi connectivity index (χ4n) is 7.25. The summed E-state index contributed by atoms with van der Waals surface area (Å²) in [5, 5.41) is 20.8. The summed E-state index contributed by atoms with van der Waals surface area (Å²) in [6.45, 7) is -0.273. The van der Waals surface area contributed by atoms with Crippen LogP contribution in [0.3, 0.4) is 0 Å². The lowest BCUT2D eigenvalue weighted by atomic mass is 9.81. The van der Waals surface area contributed by atoms with E-state index in [1.807, 2.05) is 5.92 Å². The number of allylic oxidation sites excluding steroid dienone is 2. The van der Waals surface area contributed by atoms with Crippen LogP contribution in [0.5, 0.6) is 0 Å². The molecule has 5 aromatic rings. The predicted molar refractivity (Wildman–Crippen MR) is 198 cm³/mol. The Morgan fingerprint density at radius 1 is 1.03 bits per heavy atom. The van der Waals surface area contributed by atoms with Crippen LogP contribution in [-0.2, 0) is 40.8 Å². The topological polar surface area (TPSA) is 144 Å². The number of hydrogen-bond acceptors (Lipinski definition) is 7. The molecule has 0 saturated carbocycles. The molecule has 7 rings (SSSR count). The van der Waals surface area contributed by atoms with Crippen LogP contribution in [0.2, 0.25) is 5.02 Å². The molecular weight excluding hydrogens is 838 g/mol. The number of rotatable bonds is 11. The zero-order chi connectivity index (χ0) is 42.9. The molecule has 1 unspecified atom stereocenters. The number of hydrogen-bond donors (Lipinski definition) is 3. The summed E-state index contributed by atoms with van der Waals surface area (Å²) in [4.78, 5) is 18.5. The number of aliphatic hydroxyl groups is 1. The van der Waals surface area contributed by atoms with Crippen LogP contribution in [0.25, 0.3) is 22.0 Å². The third-order valence-electron chi connectivity index (χ3n) is 9.83. The van der Waals surface area contributed by atoms with E-state index in [1.54, 1.807) is 0 Å². The van der Waals surface area contributed by atoms with Crippen LogP contribution in [0.1, 0.15) is 59.2 Å². The average molecular weight is 868 g/mol. The van der Waals surface area contributed by atoms with E-state index in [0.717, 1.165) is 25.3 Å². The lowest BCUT2D eigenvalue weighted by Crippen LogP contribution is -2.35. The molecule has 0 bridgehead atoms. The quantitative estimate of drug-likeness (QED) is 0.0744. The second kappa shape index (κ2) is 14.9. The molecule has 1 amide bonds. The minimum absolute atomic E-state index is 0.0460. The molecule has 0 aliphatic heterocycles. The van der Waals surface area contributed by atoms with E-state index in [2.05, 4.69) is 31.1 Å². The minimum Gasteiger partial charge on any atom is -0.372 e. The Morgan fingerprint density at radius 2 is 1.71 bits per heavy atom. The highest BCUT2D eigenvalue weighted by Gasteiger charge is 2.60. The van der Waals surface area contributed by atoms with Crippen molar-refractivity contribution in [2.45, 2.75) is 56.2 Å². The Morgan fingerprint density at radius 3 is 2.32 bits per heavy atom. The number of aryl methyl sites for hydroxylation is 1. The first kappa shape index (κ1) is 41.6. The van der Waals surface area contributed by atoms with Crippen molar-refractivity contribution in [1.29, 1.82) is 0 Å². The van der Waals surface area contributed by atoms with Gasteiger partial charge in [-0.15, -0.1) is 0 Å². The molecule has 11 nitrogen and oxygen atoms in total. The van der Waals surface area contributed by atoms with Gasteiger partial charge in [0.1, 0.15) is 35.3 Å². The lowest BCUT2D eigenvalue weighted by molar-refractivity contribution is -0.123. The molecule has 2 aromatic carbocycles. The molecule has 0 spiro atoms. The van der Waals surface area contributed by atoms with Crippen LogP contribution >= 0.6 is 11.6 Å². The van der Waals surface area contributed by atoms with Gasteiger partial charge < -0.3 is 10.4 Å². The fraction of sp³-hybridized carbons (Fsp3) is 0.316. The van der Waals surface area contributed by atoms with Crippen molar-refractivity contribution in [2.75, 3.05) is 11.0 Å². The van der Waals surface area contributed by atoms with Crippen LogP contribution in [0.15, 0.2) is 54.6 Å². The van der Waals surface area contributed by atoms with Crippen molar-refractivity contribution in [3.63, 3.8) is 0 Å². The van der Waals surface area contributed by atoms with Gasteiger partial charge in [-0.3, -0.25) is 18.9 Å². The van der Waals surface area contributed by atoms with Gasteiger partial charge in [-0.25, -0.2) is 39.7 Å². The summed E-state index contributed by atoms with van der Waals surface area (Å²) < 4.78 is 144. The molecule has 0 radical (unpaired) electrons. The van der Waals surface area contributed by atoms with Crippen LogP contribution < -0.4 is 10.0 Å². The number of benzene rings is 2. The van der Waals surface area contributed by atoms with E-state index in [4.69, 9.17) is 11.6 Å². The first-order valence-corrected chi connectivity index (χ1v) is 19.7. The van der Waals surface area contributed by atoms with Crippen LogP contribution in [0, 0.1) is 29.4 Å². The minimum atomic E-state index is -3.89. The molecule has 59 heavy (non-hydrogen) atoms. The number of carbonyl (C=O) groups excluding carboxylic acids is 1. The van der Waals surface area contributed by atoms with E-state index < -0.39 is 94.2 Å². The molecule has 3 heterocycles. The number of pyridine rings is 1. The Kier molecular flexibility index (Phi) is 10.5. The Hall–Kier alpha value is -5.52. The number of nitrogens with zero attached hydrogens (tertiary/aromatic N) is 5. The van der Waals surface area contributed by atoms with Gasteiger partial charge in [0.15, 0.2) is 11.4 Å². The average Bonchev–Trinajstić information content (AvgIpc) is 3.67. The largest absolute Gasteiger partial charge is 0.372 e. The fourth-order valence-corrected chi connectivity index (χ4v) is 7.98. The van der Waals surface area contributed by atoms with Gasteiger partial charge in [0.25, 0.3) is 18.8 Å². The zero-order valence-corrected chi connectivity index (χ0v) is 32.3. The van der Waals surface area contributed by atoms with Gasteiger partial charge in [-0.05, 0) is 55.2 Å². The number of halogens is 9. The van der Waals surface area contributed by atoms with Crippen molar-refractivity contribution in [2.24, 2.45) is 13.0 Å². The third kappa shape index (κ3) is 7.85. The molecular formula is C38H30ClF8N7O4S. The summed E-state index contributed by atoms with van der Waals surface area (Å²) in [6, 6.07) is 6.50. The first-order valence-electron chi connectivity index (χ1n) is 17.4. The summed E-state index contributed by atoms with van der Waals surface area (Å²) in [5.74, 6) is -5.03. The van der Waals surface area contributed by atoms with Gasteiger partial charge in [-0.1, -0.05) is 35.7 Å². The maximum absolute atomic E-state index is 15.6. The van der Waals surface area contributed by atoms with E-state index in [1.165, 1.54) is 48.1 Å². The van der Waals surface area contributed by atoms with E-state index in [9.17, 15) is 44.7 Å². The number of nitrogens with one attached hydrogen (secondary N) is 2. The molecule has 4 atom stereocenters. The highest BCUT2D eigenvalue weighted by Crippen LogP contribution is 2.60. The van der Waals surface area contributed by atoms with Crippen molar-refractivity contribution in [3.05, 3.63) is 105 Å². The molecule has 310 valence electrons. The SMILES string of the molecule is Cn1nc(NS(C)(=O)=O)c2c(Cl)ccc(-c3ccc(C#CC(C)(O)C(F)F)nc3[C@H](Cc3cc(F)cc(F)c3)NC(=O)Cn3nc(C(F)F)c4c3C(F)(F)[C@@H]3C=C[C@H]43)c21. The molecule has 0 fully saturated rings. The van der Waals surface area contributed by atoms with E-state index in [-0.39, 0.29) is 55.4 Å². The maximum Gasteiger partial charge on any atom is 0.296 e. The summed E-state index contributed by atoms with van der Waals surface area (Å²) in [7, 11) is -2.44. The molecule has 2 aliphatic rings. The van der Waals surface area contributed by atoms with Crippen molar-refractivity contribution in [1.82, 2.24) is 29.9 Å². The molecule has 2 aliphatic carbocycles. The number of sulfonamides is 1. The maximum atomic E-state index is 15.6. The van der Waals surface area contributed by atoms with Crippen molar-refractivity contribution < 1.29 is 53.4 Å². The predicted octanol–water partition coefficient (Wildman–Crippen LogP) is 6.92. The number of carbonyl (C=O) groups is 1. The van der Waals surface area contributed by atoms with Gasteiger partial charge in [0, 0.05) is 35.7 Å². The smallest absolute Gasteiger partial charge is 0.296 e. The standard InChI is InChI=1S/C38H30ClF8N7O4S/c1-37(56,36(44)45)11-10-20-4-5-21(22-7-9-25(39)29-32(22)53(2)51-35(29)52-59(3,57)58)30(48-20)26(14-17-12-18(40)15-19(41)13-17)49-27(55)16-54-33-28(31(50-54)34(42)43)23-6-8-24(23)38(33,46)47/h4-9,12-13,15,23-24,26,34,36,56H,14,16H2,1-3H3,(H,49,55)(H,51,52)/t23-,24+,26-,37?/m0/s1. The van der Waals surface area contributed by atoms with Crippen molar-refractivity contribution >= 4 is 44.3 Å². The third-order valence-corrected chi connectivity index (χ3v) is 10.7. The van der Waals surface area contributed by atoms with Gasteiger partial charge in [0.2, 0.25) is 15.9 Å². The van der Waals surface area contributed by atoms with Gasteiger partial charge in [0.05, 0.1) is 39.8 Å². The second-order valence-corrected chi connectivity index (χ2v) is 16.4. The lowest BCUT2D eigenvalue weighted by Gasteiger charge is -2.27. The zero-order valence-electron chi connectivity index (χ0n) is 30.7. The van der Waals surface area contributed by atoms with Crippen LogP contribution in [-0.4, -0.2) is 62.3 Å². The highest BCUT2D eigenvalue weighted by molar-refractivity contribution is 7.92. The summed E-state index contributed by atoms with van der Waals surface area (Å²) in [6.07, 6.45) is -3.63. The number of aromatic nitrogens is 5. The number of amides is 1. The second-order valence-electron chi connectivity index (χ2n) is 14.3. The normalized spacial score (nSPS) is 18.2. The highest BCUT2D eigenvalue weighted by atomic mass is 35.5. The molecule has 3 aromatic heterocycles. The summed E-state index contributed by atoms with van der Waals surface area (Å²) >= 11 is 6.54. The Bertz CT molecular complexity index is 2720.